The minimum atomic E-state index is -4.22. The molecule has 0 spiro atoms. The number of likely N-dealkylation sites (tertiary alicyclic amines) is 2. The molecule has 4 aliphatic rings. The number of carbonyl (C=O) groups excluding carboxylic acids is 6. The maximum atomic E-state index is 14.6. The van der Waals surface area contributed by atoms with Crippen molar-refractivity contribution in [3.8, 4) is 5.75 Å². The second-order valence-corrected chi connectivity index (χ2v) is 23.1. The highest BCUT2D eigenvalue weighted by Gasteiger charge is 2.50. The lowest BCUT2D eigenvalue weighted by atomic mass is 9.75. The summed E-state index contributed by atoms with van der Waals surface area (Å²) in [6.45, 7) is 17.2. The van der Waals surface area contributed by atoms with Gasteiger partial charge in [-0.05, 0) is 159 Å². The molecule has 6 amide bonds. The molecule has 19 nitrogen and oxygen atoms in total. The number of guanidine groups is 1. The molecule has 0 bridgehead atoms. The van der Waals surface area contributed by atoms with Crippen molar-refractivity contribution in [1.82, 2.24) is 35.8 Å². The van der Waals surface area contributed by atoms with Crippen LogP contribution in [0.2, 0.25) is 0 Å². The number of hydrogen-bond acceptors (Lipinski definition) is 11. The van der Waals surface area contributed by atoms with E-state index in [1.165, 1.54) is 9.80 Å². The largest absolute Gasteiger partial charge is 0.487 e. The predicted molar refractivity (Wildman–Crippen MR) is 288 cm³/mol. The number of carbonyl (C=O) groups is 6. The molecule has 3 heterocycles. The zero-order valence-electron chi connectivity index (χ0n) is 45.2. The van der Waals surface area contributed by atoms with Crippen LogP contribution in [-0.4, -0.2) is 127 Å². The molecule has 3 aliphatic heterocycles. The third kappa shape index (κ3) is 14.6. The maximum Gasteiger partial charge on any atom is 0.264 e. The van der Waals surface area contributed by atoms with Gasteiger partial charge < -0.3 is 47.3 Å². The number of hydrogen-bond donors (Lipinski definition) is 7. The second-order valence-electron chi connectivity index (χ2n) is 21.5. The van der Waals surface area contributed by atoms with Crippen molar-refractivity contribution in [2.24, 2.45) is 16.5 Å². The Balaban J connectivity index is 1.18. The van der Waals surface area contributed by atoms with Crippen LogP contribution in [0.1, 0.15) is 132 Å². The minimum absolute atomic E-state index is 0.00847. The van der Waals surface area contributed by atoms with E-state index in [9.17, 15) is 46.0 Å². The van der Waals surface area contributed by atoms with E-state index in [0.717, 1.165) is 17.7 Å². The fraction of sp³-hybridized carbons (Fsp3) is 0.582. The molecule has 1 aliphatic carbocycles. The predicted octanol–water partition coefficient (Wildman–Crippen LogP) is 3.98. The summed E-state index contributed by atoms with van der Waals surface area (Å²) in [6.07, 6.45) is 9.04. The number of nitrogens with one attached hydrogen (secondary N) is 5. The summed E-state index contributed by atoms with van der Waals surface area (Å²) in [6, 6.07) is -2.67. The van der Waals surface area contributed by atoms with Crippen LogP contribution in [0.15, 0.2) is 53.4 Å². The van der Waals surface area contributed by atoms with Crippen LogP contribution >= 0.6 is 0 Å². The monoisotopic (exact) mass is 1090 g/mol. The van der Waals surface area contributed by atoms with Gasteiger partial charge in [0.1, 0.15) is 52.7 Å². The number of unbranched alkanes of at least 4 members (excludes halogenated alkanes) is 2. The number of fused-ring (bicyclic) bond motifs is 1. The summed E-state index contributed by atoms with van der Waals surface area (Å²) >= 11 is 0. The van der Waals surface area contributed by atoms with E-state index in [1.807, 2.05) is 20.8 Å². The first-order chi connectivity index (χ1) is 36.4. The number of amides is 6. The molecule has 2 aromatic carbocycles. The van der Waals surface area contributed by atoms with E-state index in [4.69, 9.17) is 16.2 Å². The number of halogens is 2. The lowest BCUT2D eigenvalue weighted by Crippen LogP contribution is -2.67. The van der Waals surface area contributed by atoms with Crippen molar-refractivity contribution in [2.45, 2.75) is 184 Å². The summed E-state index contributed by atoms with van der Waals surface area (Å²) < 4.78 is 65.1. The molecule has 22 heteroatoms. The highest BCUT2D eigenvalue weighted by molar-refractivity contribution is 7.90. The Hall–Kier alpha value is -6.42. The Bertz CT molecular complexity index is 2710. The Morgan fingerprint density at radius 2 is 1.44 bits per heavy atom. The third-order valence-electron chi connectivity index (χ3n) is 15.1. The summed E-state index contributed by atoms with van der Waals surface area (Å²) in [5.74, 6) is -4.95. The van der Waals surface area contributed by atoms with Gasteiger partial charge in [-0.15, -0.1) is 13.2 Å². The number of benzene rings is 2. The Morgan fingerprint density at radius 1 is 0.831 bits per heavy atom. The molecule has 5 atom stereocenters. The van der Waals surface area contributed by atoms with Gasteiger partial charge in [0, 0.05) is 50.7 Å². The van der Waals surface area contributed by atoms with Gasteiger partial charge in [0.25, 0.3) is 10.0 Å². The summed E-state index contributed by atoms with van der Waals surface area (Å²) in [5.41, 5.74) is 13.0. The van der Waals surface area contributed by atoms with E-state index in [-0.39, 0.29) is 86.9 Å². The smallest absolute Gasteiger partial charge is 0.264 e. The van der Waals surface area contributed by atoms with E-state index in [2.05, 4.69) is 44.1 Å². The van der Waals surface area contributed by atoms with Crippen LogP contribution in [0.4, 0.5) is 8.78 Å². The Kier molecular flexibility index (Phi) is 20.1. The molecule has 422 valence electrons. The molecule has 0 radical (unpaired) electrons. The van der Waals surface area contributed by atoms with E-state index >= 15 is 0 Å². The fourth-order valence-electron chi connectivity index (χ4n) is 10.8. The van der Waals surface area contributed by atoms with Crippen molar-refractivity contribution < 1.29 is 50.7 Å². The van der Waals surface area contributed by atoms with Gasteiger partial charge in [0.2, 0.25) is 41.4 Å². The van der Waals surface area contributed by atoms with Gasteiger partial charge in [-0.25, -0.2) is 21.9 Å². The van der Waals surface area contributed by atoms with Crippen LogP contribution in [0.5, 0.6) is 5.75 Å². The molecule has 9 N–H and O–H groups in total. The topological polar surface area (TPSA) is 277 Å². The highest BCUT2D eigenvalue weighted by Crippen LogP contribution is 2.44. The molecular weight excluding hydrogens is 1010 g/mol. The van der Waals surface area contributed by atoms with Gasteiger partial charge in [-0.2, -0.15) is 0 Å². The van der Waals surface area contributed by atoms with E-state index in [0.29, 0.717) is 92.8 Å². The zero-order valence-corrected chi connectivity index (χ0v) is 46.0. The standard InChI is InChI=1S/C55H78F2N10O9S/c1-8-10-12-18-40(58)47(68)62-42(30-36-28-37(56)31-38(57)29-36)51(72)67-27-16-21-44(67)49(70)64-55(22-17-23-55)52(73)63-41(50(71)66-26-15-20-43(66)48(69)60-24-13-11-9-2)19-14-25-61-53(59)65-77(74,75)46-34(4)33(3)45-39(35(46)5)32-54(6,7)76-45/h8-9,28-29,31,40-44H,1-2,10-27,30,32,58H2,3-7H3,(H,60,69)(H,62,68)(H,63,73)(H,64,70)(H3,59,61,65)/t40-,41-,42+,43-,44-/m0/s1. The molecule has 2 aromatic rings. The quantitative estimate of drug-likeness (QED) is 0.0323. The lowest BCUT2D eigenvalue weighted by Gasteiger charge is -2.43. The number of rotatable bonds is 25. The molecule has 2 saturated heterocycles. The SMILES string of the molecule is C=CCCCNC(=O)[C@@H]1CCCN1C(=O)[C@H](CCCN=C(N)NS(=O)(=O)c1c(C)c(C)c2c(c1C)CC(C)(C)O2)NC(=O)C1(NC(=O)[C@@H]2CCCN2C(=O)[C@@H](Cc2cc(F)cc(F)c2)NC(=O)[C@@H](N)CCCC=C)CCC1. The highest BCUT2D eigenvalue weighted by atomic mass is 32.2. The normalized spacial score (nSPS) is 19.7. The molecule has 3 fully saturated rings. The fourth-order valence-corrected chi connectivity index (χ4v) is 12.3. The molecule has 1 saturated carbocycles. The van der Waals surface area contributed by atoms with Gasteiger partial charge >= 0.3 is 0 Å². The number of allylic oxidation sites excluding steroid dienone is 2. The van der Waals surface area contributed by atoms with Crippen LogP contribution in [0.25, 0.3) is 0 Å². The first kappa shape index (κ1) is 59.8. The maximum absolute atomic E-state index is 14.6. The zero-order chi connectivity index (χ0) is 56.4. The van der Waals surface area contributed by atoms with Crippen molar-refractivity contribution in [2.75, 3.05) is 26.2 Å². The molecule has 0 aromatic heterocycles. The minimum Gasteiger partial charge on any atom is -0.487 e. The summed E-state index contributed by atoms with van der Waals surface area (Å²) in [4.78, 5) is 91.9. The van der Waals surface area contributed by atoms with Gasteiger partial charge in [0.05, 0.1) is 10.9 Å². The van der Waals surface area contributed by atoms with Crippen molar-refractivity contribution in [1.29, 1.82) is 0 Å². The molecule has 77 heavy (non-hydrogen) atoms. The number of sulfonamides is 1. The van der Waals surface area contributed by atoms with Gasteiger partial charge in [-0.1, -0.05) is 12.2 Å². The van der Waals surface area contributed by atoms with Crippen molar-refractivity contribution >= 4 is 51.4 Å². The van der Waals surface area contributed by atoms with Crippen molar-refractivity contribution in [3.05, 3.63) is 83.0 Å². The summed E-state index contributed by atoms with van der Waals surface area (Å²) in [7, 11) is -4.22. The van der Waals surface area contributed by atoms with Crippen LogP contribution in [-0.2, 0) is 51.6 Å². The summed E-state index contributed by atoms with van der Waals surface area (Å²) in [5, 5.41) is 11.3. The van der Waals surface area contributed by atoms with Gasteiger partial charge in [0.15, 0.2) is 0 Å². The molecular formula is C55H78F2N10O9S. The average Bonchev–Trinajstić information content (AvgIpc) is 4.19. The molecule has 0 unspecified atom stereocenters. The van der Waals surface area contributed by atoms with Crippen LogP contribution in [0, 0.1) is 32.4 Å². The first-order valence-electron chi connectivity index (χ1n) is 26.8. The van der Waals surface area contributed by atoms with E-state index < -0.39 is 92.5 Å². The Labute approximate surface area is 451 Å². The van der Waals surface area contributed by atoms with Crippen LogP contribution < -0.4 is 42.2 Å². The van der Waals surface area contributed by atoms with E-state index in [1.54, 1.807) is 26.0 Å². The number of aliphatic imine (C=N–C) groups is 1. The lowest BCUT2D eigenvalue weighted by molar-refractivity contribution is -0.146. The van der Waals surface area contributed by atoms with Crippen LogP contribution in [0.3, 0.4) is 0 Å². The third-order valence-corrected chi connectivity index (χ3v) is 16.8. The number of ether oxygens (including phenoxy) is 1. The Morgan fingerprint density at radius 3 is 2.05 bits per heavy atom. The average molecular weight is 1090 g/mol. The second kappa shape index (κ2) is 25.8. The first-order valence-corrected chi connectivity index (χ1v) is 28.3. The van der Waals surface area contributed by atoms with Gasteiger partial charge in [-0.3, -0.25) is 33.8 Å². The van der Waals surface area contributed by atoms with Crippen molar-refractivity contribution in [3.63, 3.8) is 0 Å². The molecule has 6 rings (SSSR count). The number of nitrogens with zero attached hydrogens (tertiary/aromatic N) is 3. The number of nitrogens with two attached hydrogens (primary N) is 2.